The van der Waals surface area contributed by atoms with Crippen molar-refractivity contribution in [3.05, 3.63) is 21.9 Å². The minimum absolute atomic E-state index is 0. The van der Waals surface area contributed by atoms with Gasteiger partial charge in [-0.05, 0) is 46.8 Å². The predicted octanol–water partition coefficient (Wildman–Crippen LogP) is 2.52. The normalized spacial score (nSPS) is 16.7. The third kappa shape index (κ3) is 9.63. The Labute approximate surface area is 196 Å². The number of nitrogens with one attached hydrogen (secondary N) is 3. The topological polar surface area (TPSA) is 78.0 Å². The molecule has 1 atom stereocenters. The molecule has 2 rings (SSSR count). The molecule has 29 heavy (non-hydrogen) atoms. The largest absolute Gasteiger partial charge is 0.379 e. The first-order valence-corrected chi connectivity index (χ1v) is 10.8. The Hall–Kier alpha value is -0.910. The highest BCUT2D eigenvalue weighted by Gasteiger charge is 2.24. The number of hydrogen-bond donors (Lipinski definition) is 3. The van der Waals surface area contributed by atoms with Crippen LogP contribution in [0.25, 0.3) is 0 Å². The molecular formula is C20H36IN5O2S. The van der Waals surface area contributed by atoms with Crippen LogP contribution in [0.1, 0.15) is 43.5 Å². The molecule has 166 valence electrons. The number of morpholine rings is 1. The molecule has 2 heterocycles. The van der Waals surface area contributed by atoms with E-state index in [1.807, 2.05) is 39.0 Å². The maximum atomic E-state index is 12.1. The number of nitrogens with zero attached hydrogens (tertiary/aromatic N) is 2. The Bertz CT molecular complexity index is 654. The highest BCUT2D eigenvalue weighted by atomic mass is 127. The third-order valence-corrected chi connectivity index (χ3v) is 5.38. The summed E-state index contributed by atoms with van der Waals surface area (Å²) in [5.41, 5.74) is -0.253. The first-order chi connectivity index (χ1) is 13.3. The van der Waals surface area contributed by atoms with Crippen LogP contribution in [0.2, 0.25) is 0 Å². The number of carbonyl (C=O) groups excluding carboxylic acids is 1. The lowest BCUT2D eigenvalue weighted by Gasteiger charge is -2.34. The number of hydrogen-bond acceptors (Lipinski definition) is 5. The fourth-order valence-corrected chi connectivity index (χ4v) is 4.09. The van der Waals surface area contributed by atoms with E-state index >= 15 is 0 Å². The zero-order chi connectivity index (χ0) is 20.6. The Kier molecular flexibility index (Phi) is 11.4. The van der Waals surface area contributed by atoms with Gasteiger partial charge in [0.05, 0.1) is 19.3 Å². The van der Waals surface area contributed by atoms with Gasteiger partial charge < -0.3 is 20.7 Å². The van der Waals surface area contributed by atoms with Gasteiger partial charge in [0.1, 0.15) is 6.54 Å². The van der Waals surface area contributed by atoms with Gasteiger partial charge >= 0.3 is 0 Å². The third-order valence-electron chi connectivity index (χ3n) is 4.28. The van der Waals surface area contributed by atoms with Gasteiger partial charge in [-0.2, -0.15) is 0 Å². The van der Waals surface area contributed by atoms with Crippen molar-refractivity contribution in [3.63, 3.8) is 0 Å². The number of ether oxygens (including phenoxy) is 1. The van der Waals surface area contributed by atoms with Crippen molar-refractivity contribution in [1.29, 1.82) is 0 Å². The molecule has 7 nitrogen and oxygen atoms in total. The van der Waals surface area contributed by atoms with Crippen LogP contribution in [-0.2, 0) is 9.53 Å². The average molecular weight is 538 g/mol. The quantitative estimate of drug-likeness (QED) is 0.283. The van der Waals surface area contributed by atoms with Crippen LogP contribution in [-0.4, -0.2) is 68.2 Å². The van der Waals surface area contributed by atoms with Gasteiger partial charge in [0, 0.05) is 41.5 Å². The zero-order valence-corrected chi connectivity index (χ0v) is 21.4. The fraction of sp³-hybridized carbons (Fsp3) is 0.700. The molecule has 0 aromatic carbocycles. The summed E-state index contributed by atoms with van der Waals surface area (Å²) in [4.78, 5) is 21.6. The van der Waals surface area contributed by atoms with Crippen molar-refractivity contribution in [2.24, 2.45) is 4.99 Å². The van der Waals surface area contributed by atoms with Crippen molar-refractivity contribution >= 4 is 47.2 Å². The summed E-state index contributed by atoms with van der Waals surface area (Å²) < 4.78 is 5.52. The molecule has 1 aromatic rings. The molecule has 1 fully saturated rings. The molecule has 0 saturated carbocycles. The second-order valence-corrected chi connectivity index (χ2v) is 9.31. The van der Waals surface area contributed by atoms with Gasteiger partial charge in [-0.15, -0.1) is 35.3 Å². The smallest absolute Gasteiger partial charge is 0.242 e. The SMILES string of the molecule is CCNC(=NCC(=O)NC(C)(C)C)NCC(c1ccc(C)s1)N1CCOCC1.I. The second-order valence-electron chi connectivity index (χ2n) is 7.99. The molecule has 0 spiro atoms. The lowest BCUT2D eigenvalue weighted by molar-refractivity contribution is -0.121. The summed E-state index contributed by atoms with van der Waals surface area (Å²) in [5, 5.41) is 9.60. The van der Waals surface area contributed by atoms with Crippen molar-refractivity contribution in [1.82, 2.24) is 20.9 Å². The number of aryl methyl sites for hydroxylation is 1. The van der Waals surface area contributed by atoms with Gasteiger partial charge in [-0.25, -0.2) is 4.99 Å². The van der Waals surface area contributed by atoms with Crippen LogP contribution in [0.3, 0.4) is 0 Å². The van der Waals surface area contributed by atoms with Crippen LogP contribution in [0.4, 0.5) is 0 Å². The molecule has 9 heteroatoms. The summed E-state index contributed by atoms with van der Waals surface area (Å²) in [6.45, 7) is 15.0. The van der Waals surface area contributed by atoms with E-state index in [-0.39, 0.29) is 48.0 Å². The Morgan fingerprint density at radius 1 is 1.28 bits per heavy atom. The van der Waals surface area contributed by atoms with E-state index in [1.165, 1.54) is 9.75 Å². The van der Waals surface area contributed by atoms with E-state index in [2.05, 4.69) is 44.9 Å². The lowest BCUT2D eigenvalue weighted by atomic mass is 10.1. The van der Waals surface area contributed by atoms with Crippen molar-refractivity contribution in [2.75, 3.05) is 45.9 Å². The molecular weight excluding hydrogens is 501 g/mol. The Morgan fingerprint density at radius 2 is 1.97 bits per heavy atom. The highest BCUT2D eigenvalue weighted by molar-refractivity contribution is 14.0. The fourth-order valence-electron chi connectivity index (χ4n) is 3.08. The number of aliphatic imine (C=N–C) groups is 1. The van der Waals surface area contributed by atoms with Gasteiger partial charge in [0.2, 0.25) is 5.91 Å². The summed E-state index contributed by atoms with van der Waals surface area (Å²) in [7, 11) is 0. The van der Waals surface area contributed by atoms with Gasteiger partial charge in [0.15, 0.2) is 5.96 Å². The number of amides is 1. The maximum Gasteiger partial charge on any atom is 0.242 e. The van der Waals surface area contributed by atoms with Crippen LogP contribution >= 0.6 is 35.3 Å². The molecule has 1 unspecified atom stereocenters. The molecule has 1 aliphatic heterocycles. The first-order valence-electron chi connectivity index (χ1n) is 10.00. The van der Waals surface area contributed by atoms with E-state index in [0.717, 1.165) is 39.4 Å². The van der Waals surface area contributed by atoms with Crippen molar-refractivity contribution < 1.29 is 9.53 Å². The monoisotopic (exact) mass is 537 g/mol. The summed E-state index contributed by atoms with van der Waals surface area (Å²) in [5.74, 6) is 0.585. The molecule has 3 N–H and O–H groups in total. The highest BCUT2D eigenvalue weighted by Crippen LogP contribution is 2.27. The standard InChI is InChI=1S/C20H35N5O2S.HI/c1-6-21-19(23-14-18(26)24-20(3,4)5)22-13-16(17-8-7-15(2)28-17)25-9-11-27-12-10-25;/h7-8,16H,6,9-14H2,1-5H3,(H,24,26)(H2,21,22,23);1H. The van der Waals surface area contributed by atoms with E-state index < -0.39 is 0 Å². The molecule has 0 bridgehead atoms. The van der Waals surface area contributed by atoms with Crippen molar-refractivity contribution in [2.45, 2.75) is 46.2 Å². The van der Waals surface area contributed by atoms with Gasteiger partial charge in [0.25, 0.3) is 0 Å². The molecule has 0 aliphatic carbocycles. The lowest BCUT2D eigenvalue weighted by Crippen LogP contribution is -2.46. The van der Waals surface area contributed by atoms with E-state index in [0.29, 0.717) is 5.96 Å². The summed E-state index contributed by atoms with van der Waals surface area (Å²) in [6, 6.07) is 4.64. The number of halogens is 1. The van der Waals surface area contributed by atoms with Gasteiger partial charge in [-0.1, -0.05) is 0 Å². The minimum atomic E-state index is -0.253. The second kappa shape index (κ2) is 12.7. The van der Waals surface area contributed by atoms with Crippen LogP contribution in [0.15, 0.2) is 17.1 Å². The van der Waals surface area contributed by atoms with Gasteiger partial charge in [-0.3, -0.25) is 9.69 Å². The molecule has 0 radical (unpaired) electrons. The molecule has 1 saturated heterocycles. The zero-order valence-electron chi connectivity index (χ0n) is 18.2. The van der Waals surface area contributed by atoms with E-state index in [9.17, 15) is 4.79 Å². The number of carbonyl (C=O) groups is 1. The molecule has 1 amide bonds. The van der Waals surface area contributed by atoms with Crippen LogP contribution < -0.4 is 16.0 Å². The van der Waals surface area contributed by atoms with E-state index in [4.69, 9.17) is 4.74 Å². The first kappa shape index (κ1) is 26.1. The Balaban J connectivity index is 0.00000420. The van der Waals surface area contributed by atoms with Crippen LogP contribution in [0.5, 0.6) is 0 Å². The molecule has 1 aliphatic rings. The van der Waals surface area contributed by atoms with Crippen LogP contribution in [0, 0.1) is 6.92 Å². The summed E-state index contributed by atoms with van der Waals surface area (Å²) in [6.07, 6.45) is 0. The predicted molar refractivity (Wildman–Crippen MR) is 131 cm³/mol. The van der Waals surface area contributed by atoms with E-state index in [1.54, 1.807) is 0 Å². The number of thiophene rings is 1. The average Bonchev–Trinajstić information content (AvgIpc) is 3.05. The Morgan fingerprint density at radius 3 is 2.52 bits per heavy atom. The summed E-state index contributed by atoms with van der Waals surface area (Å²) >= 11 is 1.83. The minimum Gasteiger partial charge on any atom is -0.379 e. The maximum absolute atomic E-state index is 12.1. The molecule has 1 aromatic heterocycles. The number of guanidine groups is 1. The number of rotatable bonds is 7. The van der Waals surface area contributed by atoms with Crippen molar-refractivity contribution in [3.8, 4) is 0 Å².